The van der Waals surface area contributed by atoms with Crippen molar-refractivity contribution in [2.24, 2.45) is 0 Å². The molecule has 4 nitrogen and oxygen atoms in total. The Morgan fingerprint density at radius 2 is 2.07 bits per heavy atom. The van der Waals surface area contributed by atoms with Crippen molar-refractivity contribution in [2.75, 3.05) is 18.7 Å². The molecular formula is C10H14N2O2. The van der Waals surface area contributed by atoms with Gasteiger partial charge < -0.3 is 15.4 Å². The van der Waals surface area contributed by atoms with Gasteiger partial charge in [-0.3, -0.25) is 0 Å². The molecule has 0 unspecified atom stereocenters. The minimum absolute atomic E-state index is 0.231. The van der Waals surface area contributed by atoms with Crippen molar-refractivity contribution in [1.82, 2.24) is 5.32 Å². The topological polar surface area (TPSA) is 50.4 Å². The smallest absolute Gasteiger partial charge is 0.321 e. The SMILES string of the molecule is CCOCNC(=O)Nc1ccccc1. The quantitative estimate of drug-likeness (QED) is 0.567. The van der Waals surface area contributed by atoms with Gasteiger partial charge in [0, 0.05) is 12.3 Å². The number of urea groups is 1. The average Bonchev–Trinajstić information content (AvgIpc) is 2.20. The molecule has 0 atom stereocenters. The van der Waals surface area contributed by atoms with E-state index in [1.165, 1.54) is 0 Å². The number of carbonyl (C=O) groups excluding carboxylic acids is 1. The van der Waals surface area contributed by atoms with Gasteiger partial charge in [-0.2, -0.15) is 0 Å². The Labute approximate surface area is 83.3 Å². The van der Waals surface area contributed by atoms with Crippen molar-refractivity contribution in [3.8, 4) is 0 Å². The Balaban J connectivity index is 2.27. The lowest BCUT2D eigenvalue weighted by atomic mass is 10.3. The molecule has 76 valence electrons. The maximum absolute atomic E-state index is 11.2. The predicted molar refractivity (Wildman–Crippen MR) is 55.1 cm³/mol. The Kier molecular flexibility index (Phi) is 4.50. The summed E-state index contributed by atoms with van der Waals surface area (Å²) in [7, 11) is 0. The van der Waals surface area contributed by atoms with E-state index in [9.17, 15) is 4.79 Å². The van der Waals surface area contributed by atoms with E-state index in [1.54, 1.807) is 0 Å². The Bertz CT molecular complexity index is 275. The van der Waals surface area contributed by atoms with Crippen LogP contribution >= 0.6 is 0 Å². The summed E-state index contributed by atoms with van der Waals surface area (Å²) in [5.41, 5.74) is 0.765. The van der Waals surface area contributed by atoms with Gasteiger partial charge in [0.2, 0.25) is 0 Å². The van der Waals surface area contributed by atoms with Crippen molar-refractivity contribution in [1.29, 1.82) is 0 Å². The number of nitrogens with one attached hydrogen (secondary N) is 2. The van der Waals surface area contributed by atoms with Crippen molar-refractivity contribution in [2.45, 2.75) is 6.92 Å². The second-order valence-electron chi connectivity index (χ2n) is 2.63. The van der Waals surface area contributed by atoms with E-state index in [-0.39, 0.29) is 12.8 Å². The largest absolute Gasteiger partial charge is 0.361 e. The molecule has 0 aliphatic heterocycles. The summed E-state index contributed by atoms with van der Waals surface area (Å²) >= 11 is 0. The number of para-hydroxylation sites is 1. The second kappa shape index (κ2) is 5.99. The van der Waals surface area contributed by atoms with Crippen LogP contribution in [0.3, 0.4) is 0 Å². The van der Waals surface area contributed by atoms with Gasteiger partial charge in [-0.15, -0.1) is 0 Å². The van der Waals surface area contributed by atoms with Gasteiger partial charge in [0.15, 0.2) is 0 Å². The number of hydrogen-bond donors (Lipinski definition) is 2. The zero-order valence-corrected chi connectivity index (χ0v) is 8.12. The fourth-order valence-corrected chi connectivity index (χ4v) is 0.915. The van der Waals surface area contributed by atoms with Gasteiger partial charge in [0.05, 0.1) is 0 Å². The van der Waals surface area contributed by atoms with Gasteiger partial charge in [-0.05, 0) is 19.1 Å². The first-order valence-electron chi connectivity index (χ1n) is 4.50. The van der Waals surface area contributed by atoms with Crippen LogP contribution in [0.25, 0.3) is 0 Å². The summed E-state index contributed by atoms with van der Waals surface area (Å²) in [6.45, 7) is 2.69. The Hall–Kier alpha value is -1.55. The third-order valence-electron chi connectivity index (χ3n) is 1.57. The normalized spacial score (nSPS) is 9.50. The molecule has 0 aliphatic carbocycles. The number of hydrogen-bond acceptors (Lipinski definition) is 2. The molecule has 0 saturated heterocycles. The van der Waals surface area contributed by atoms with Crippen LogP contribution in [0.1, 0.15) is 6.92 Å². The Morgan fingerprint density at radius 3 is 2.71 bits per heavy atom. The molecule has 0 aliphatic rings. The molecule has 14 heavy (non-hydrogen) atoms. The molecule has 0 radical (unpaired) electrons. The maximum Gasteiger partial charge on any atom is 0.321 e. The lowest BCUT2D eigenvalue weighted by molar-refractivity contribution is 0.134. The molecule has 0 saturated carbocycles. The highest BCUT2D eigenvalue weighted by Gasteiger charge is 1.98. The van der Waals surface area contributed by atoms with Gasteiger partial charge >= 0.3 is 6.03 Å². The van der Waals surface area contributed by atoms with Crippen LogP contribution in [0, 0.1) is 0 Å². The fraction of sp³-hybridized carbons (Fsp3) is 0.300. The fourth-order valence-electron chi connectivity index (χ4n) is 0.915. The first-order chi connectivity index (χ1) is 6.83. The first-order valence-corrected chi connectivity index (χ1v) is 4.50. The van der Waals surface area contributed by atoms with Crippen LogP contribution in [0.2, 0.25) is 0 Å². The predicted octanol–water partition coefficient (Wildman–Crippen LogP) is 1.80. The highest BCUT2D eigenvalue weighted by atomic mass is 16.5. The summed E-state index contributed by atoms with van der Waals surface area (Å²) in [6.07, 6.45) is 0. The van der Waals surface area contributed by atoms with Crippen molar-refractivity contribution < 1.29 is 9.53 Å². The number of rotatable bonds is 4. The summed E-state index contributed by atoms with van der Waals surface area (Å²) in [6, 6.07) is 8.99. The Morgan fingerprint density at radius 1 is 1.36 bits per heavy atom. The van der Waals surface area contributed by atoms with Crippen molar-refractivity contribution in [3.05, 3.63) is 30.3 Å². The number of carbonyl (C=O) groups is 1. The van der Waals surface area contributed by atoms with E-state index in [1.807, 2.05) is 37.3 Å². The lowest BCUT2D eigenvalue weighted by Crippen LogP contribution is -2.30. The van der Waals surface area contributed by atoms with Crippen LogP contribution in [0.5, 0.6) is 0 Å². The van der Waals surface area contributed by atoms with Gasteiger partial charge in [-0.25, -0.2) is 4.79 Å². The molecule has 2 N–H and O–H groups in total. The zero-order valence-electron chi connectivity index (χ0n) is 8.12. The second-order valence-corrected chi connectivity index (χ2v) is 2.63. The van der Waals surface area contributed by atoms with Crippen molar-refractivity contribution >= 4 is 11.7 Å². The van der Waals surface area contributed by atoms with E-state index in [2.05, 4.69) is 10.6 Å². The molecule has 1 rings (SSSR count). The van der Waals surface area contributed by atoms with Crippen molar-refractivity contribution in [3.63, 3.8) is 0 Å². The maximum atomic E-state index is 11.2. The summed E-state index contributed by atoms with van der Waals surface area (Å²) in [5.74, 6) is 0. The van der Waals surface area contributed by atoms with Gasteiger partial charge in [0.25, 0.3) is 0 Å². The van der Waals surface area contributed by atoms with E-state index >= 15 is 0 Å². The number of benzene rings is 1. The highest BCUT2D eigenvalue weighted by Crippen LogP contribution is 2.03. The third kappa shape index (κ3) is 3.91. The number of ether oxygens (including phenoxy) is 1. The average molecular weight is 194 g/mol. The van der Waals surface area contributed by atoms with Crippen LogP contribution < -0.4 is 10.6 Å². The summed E-state index contributed by atoms with van der Waals surface area (Å²) < 4.78 is 4.97. The standard InChI is InChI=1S/C10H14N2O2/c1-2-14-8-11-10(13)12-9-6-4-3-5-7-9/h3-7H,2,8H2,1H3,(H2,11,12,13). The number of anilines is 1. The molecule has 0 spiro atoms. The third-order valence-corrected chi connectivity index (χ3v) is 1.57. The van der Waals surface area contributed by atoms with Crippen LogP contribution in [0.15, 0.2) is 30.3 Å². The van der Waals surface area contributed by atoms with Crippen LogP contribution in [-0.4, -0.2) is 19.4 Å². The molecule has 0 heterocycles. The molecule has 4 heteroatoms. The zero-order chi connectivity index (χ0) is 10.2. The molecule has 2 amide bonds. The van der Waals surface area contributed by atoms with E-state index in [0.717, 1.165) is 5.69 Å². The molecule has 0 fully saturated rings. The first kappa shape index (κ1) is 10.5. The van der Waals surface area contributed by atoms with Gasteiger partial charge in [-0.1, -0.05) is 18.2 Å². The van der Waals surface area contributed by atoms with E-state index < -0.39 is 0 Å². The lowest BCUT2D eigenvalue weighted by Gasteiger charge is -2.06. The summed E-state index contributed by atoms with van der Waals surface area (Å²) in [5, 5.41) is 5.23. The highest BCUT2D eigenvalue weighted by molar-refractivity contribution is 5.88. The molecule has 1 aromatic rings. The monoisotopic (exact) mass is 194 g/mol. The molecule has 1 aromatic carbocycles. The minimum atomic E-state index is -0.260. The van der Waals surface area contributed by atoms with Crippen LogP contribution in [-0.2, 0) is 4.74 Å². The van der Waals surface area contributed by atoms with E-state index in [4.69, 9.17) is 4.74 Å². The number of amides is 2. The molecular weight excluding hydrogens is 180 g/mol. The van der Waals surface area contributed by atoms with Crippen LogP contribution in [0.4, 0.5) is 10.5 Å². The minimum Gasteiger partial charge on any atom is -0.361 e. The molecule has 0 aromatic heterocycles. The van der Waals surface area contributed by atoms with E-state index in [0.29, 0.717) is 6.61 Å². The summed E-state index contributed by atoms with van der Waals surface area (Å²) in [4.78, 5) is 11.2. The molecule has 0 bridgehead atoms. The van der Waals surface area contributed by atoms with Gasteiger partial charge in [0.1, 0.15) is 6.73 Å².